The molecule has 3 aromatic heterocycles. The van der Waals surface area contributed by atoms with Gasteiger partial charge in [-0.2, -0.15) is 0 Å². The van der Waals surface area contributed by atoms with Crippen molar-refractivity contribution in [1.82, 2.24) is 18.9 Å². The zero-order valence-electron chi connectivity index (χ0n) is 28.3. The molecule has 52 heavy (non-hydrogen) atoms. The quantitative estimate of drug-likeness (QED) is 0.177. The van der Waals surface area contributed by atoms with Crippen LogP contribution in [0.3, 0.4) is 0 Å². The molecule has 0 N–H and O–H groups in total. The molecule has 0 spiro atoms. The van der Waals surface area contributed by atoms with Crippen molar-refractivity contribution in [2.24, 2.45) is 0 Å². The Kier molecular flexibility index (Phi) is 7.10. The van der Waals surface area contributed by atoms with Crippen LogP contribution < -0.4 is 0 Å². The molecule has 10 aromatic rings. The maximum Gasteiger partial charge on any atom is 0.160 e. The monoisotopic (exact) mass is 664 g/mol. The molecule has 0 fully saturated rings. The molecule has 244 valence electrons. The first kappa shape index (κ1) is 29.8. The van der Waals surface area contributed by atoms with Gasteiger partial charge in [0.2, 0.25) is 0 Å². The summed E-state index contributed by atoms with van der Waals surface area (Å²) in [7, 11) is 0. The highest BCUT2D eigenvalue weighted by Crippen LogP contribution is 2.41. The van der Waals surface area contributed by atoms with Crippen LogP contribution in [-0.2, 0) is 0 Å². The summed E-state index contributed by atoms with van der Waals surface area (Å²) >= 11 is 0. The second kappa shape index (κ2) is 12.4. The number of hydrogen-bond acceptors (Lipinski definition) is 2. The summed E-state index contributed by atoms with van der Waals surface area (Å²) in [6.07, 6.45) is 0. The highest BCUT2D eigenvalue weighted by molar-refractivity contribution is 6.09. The molecule has 7 aromatic carbocycles. The van der Waals surface area contributed by atoms with E-state index >= 15 is 0 Å². The summed E-state index contributed by atoms with van der Waals surface area (Å²) in [6, 6.07) is 68.4. The number of benzene rings is 7. The van der Waals surface area contributed by atoms with Crippen LogP contribution in [0.15, 0.2) is 194 Å². The molecule has 0 aliphatic rings. The maximum atomic E-state index is 5.19. The molecule has 4 heteroatoms. The molecule has 0 aliphatic heterocycles. The lowest BCUT2D eigenvalue weighted by atomic mass is 9.99. The van der Waals surface area contributed by atoms with Gasteiger partial charge in [-0.3, -0.25) is 8.97 Å². The van der Waals surface area contributed by atoms with Crippen LogP contribution in [0.1, 0.15) is 0 Å². The number of para-hydroxylation sites is 4. The molecule has 0 saturated heterocycles. The Bertz CT molecular complexity index is 2870. The van der Waals surface area contributed by atoms with Crippen LogP contribution in [0.2, 0.25) is 0 Å². The van der Waals surface area contributed by atoms with E-state index in [9.17, 15) is 0 Å². The van der Waals surface area contributed by atoms with E-state index in [-0.39, 0.29) is 0 Å². The van der Waals surface area contributed by atoms with Crippen molar-refractivity contribution >= 4 is 27.6 Å². The first-order chi connectivity index (χ1) is 25.8. The number of imidazole rings is 1. The summed E-state index contributed by atoms with van der Waals surface area (Å²) in [5.74, 6) is 0.701. The Morgan fingerprint density at radius 2 is 0.865 bits per heavy atom. The number of hydrogen-bond donors (Lipinski definition) is 0. The predicted molar refractivity (Wildman–Crippen MR) is 215 cm³/mol. The number of nitrogens with zero attached hydrogens (tertiary/aromatic N) is 4. The van der Waals surface area contributed by atoms with Gasteiger partial charge in [-0.1, -0.05) is 152 Å². The van der Waals surface area contributed by atoms with Gasteiger partial charge in [0.25, 0.3) is 0 Å². The Labute approximate surface area is 301 Å². The van der Waals surface area contributed by atoms with Crippen molar-refractivity contribution in [3.05, 3.63) is 194 Å². The fraction of sp³-hybridized carbons (Fsp3) is 0. The zero-order valence-corrected chi connectivity index (χ0v) is 28.3. The minimum absolute atomic E-state index is 0.701. The molecular weight excluding hydrogens is 633 g/mol. The van der Waals surface area contributed by atoms with Gasteiger partial charge in [-0.25, -0.2) is 9.97 Å². The van der Waals surface area contributed by atoms with Gasteiger partial charge in [0.05, 0.1) is 27.9 Å². The van der Waals surface area contributed by atoms with Crippen molar-refractivity contribution in [2.45, 2.75) is 0 Å². The van der Waals surface area contributed by atoms with Crippen molar-refractivity contribution in [2.75, 3.05) is 0 Å². The fourth-order valence-electron chi connectivity index (χ4n) is 7.52. The van der Waals surface area contributed by atoms with Gasteiger partial charge < -0.3 is 0 Å². The fourth-order valence-corrected chi connectivity index (χ4v) is 7.52. The summed E-state index contributed by atoms with van der Waals surface area (Å²) in [5.41, 5.74) is 15.3. The van der Waals surface area contributed by atoms with Crippen molar-refractivity contribution in [1.29, 1.82) is 0 Å². The van der Waals surface area contributed by atoms with E-state index in [0.717, 1.165) is 50.5 Å². The van der Waals surface area contributed by atoms with Gasteiger partial charge in [0.1, 0.15) is 5.65 Å². The number of fused-ring (bicyclic) bond motifs is 5. The summed E-state index contributed by atoms with van der Waals surface area (Å²) < 4.78 is 4.81. The normalized spacial score (nSPS) is 11.5. The first-order valence-electron chi connectivity index (χ1n) is 17.6. The van der Waals surface area contributed by atoms with Crippen molar-refractivity contribution in [3.8, 4) is 61.8 Å². The topological polar surface area (TPSA) is 35.1 Å². The van der Waals surface area contributed by atoms with Crippen molar-refractivity contribution in [3.63, 3.8) is 0 Å². The van der Waals surface area contributed by atoms with E-state index in [1.807, 2.05) is 24.3 Å². The second-order valence-electron chi connectivity index (χ2n) is 13.1. The van der Waals surface area contributed by atoms with Crippen LogP contribution in [0.5, 0.6) is 0 Å². The largest absolute Gasteiger partial charge is 0.293 e. The van der Waals surface area contributed by atoms with Gasteiger partial charge in [0, 0.05) is 33.3 Å². The predicted octanol–water partition coefficient (Wildman–Crippen LogP) is 12.2. The third kappa shape index (κ3) is 5.00. The average Bonchev–Trinajstić information content (AvgIpc) is 3.74. The lowest BCUT2D eigenvalue weighted by molar-refractivity contribution is 1.15. The van der Waals surface area contributed by atoms with E-state index in [1.165, 1.54) is 33.1 Å². The Balaban J connectivity index is 1.18. The highest BCUT2D eigenvalue weighted by Gasteiger charge is 2.22. The molecular formula is C48H32N4. The number of aromatic nitrogens is 4. The molecule has 0 radical (unpaired) electrons. The first-order valence-corrected chi connectivity index (χ1v) is 17.6. The van der Waals surface area contributed by atoms with E-state index in [4.69, 9.17) is 9.97 Å². The summed E-state index contributed by atoms with van der Waals surface area (Å²) in [6.45, 7) is 0. The van der Waals surface area contributed by atoms with Crippen LogP contribution in [0, 0.1) is 0 Å². The molecule has 0 saturated carbocycles. The van der Waals surface area contributed by atoms with E-state index in [2.05, 4.69) is 179 Å². The molecule has 0 aliphatic carbocycles. The molecule has 10 rings (SSSR count). The number of rotatable bonds is 6. The van der Waals surface area contributed by atoms with Crippen molar-refractivity contribution < 1.29 is 0 Å². The van der Waals surface area contributed by atoms with Crippen LogP contribution in [-0.4, -0.2) is 18.9 Å². The van der Waals surface area contributed by atoms with Crippen LogP contribution >= 0.6 is 0 Å². The Morgan fingerprint density at radius 1 is 0.346 bits per heavy atom. The van der Waals surface area contributed by atoms with Gasteiger partial charge in [-0.05, 0) is 59.2 Å². The molecule has 0 amide bonds. The Hall–Kier alpha value is -7.04. The minimum Gasteiger partial charge on any atom is -0.293 e. The Morgan fingerprint density at radius 3 is 1.60 bits per heavy atom. The van der Waals surface area contributed by atoms with E-state index in [1.54, 1.807) is 0 Å². The van der Waals surface area contributed by atoms with Gasteiger partial charge in [-0.15, -0.1) is 0 Å². The lowest BCUT2D eigenvalue weighted by Gasteiger charge is -2.12. The molecule has 0 atom stereocenters. The third-order valence-electron chi connectivity index (χ3n) is 9.93. The molecule has 0 unspecified atom stereocenters. The smallest absolute Gasteiger partial charge is 0.160 e. The average molecular weight is 665 g/mol. The molecule has 0 bridgehead atoms. The second-order valence-corrected chi connectivity index (χ2v) is 13.1. The SMILES string of the molecule is c1ccc(-c2ccc(-c3cc(-c4cccc(-c5c6ccccc6n6c7ccccc7n(-c7ccccc7)c56)c4)nc(-c4ccccc4)n3)cc2)cc1. The summed E-state index contributed by atoms with van der Waals surface area (Å²) in [4.78, 5) is 10.3. The standard InChI is InChI=1S/C48H32N4/c1-4-15-33(16-5-1)34-27-29-35(30-28-34)41-32-42(50-47(49-41)36-17-6-2-7-18-36)37-19-14-20-38(31-37)46-40-23-10-11-24-43(40)52-45-26-13-12-25-44(45)51(48(46)52)39-21-8-3-9-22-39/h1-32H. The van der Waals surface area contributed by atoms with E-state index in [0.29, 0.717) is 5.82 Å². The van der Waals surface area contributed by atoms with Gasteiger partial charge in [0.15, 0.2) is 5.82 Å². The maximum absolute atomic E-state index is 5.19. The highest BCUT2D eigenvalue weighted by atomic mass is 15.1. The minimum atomic E-state index is 0.701. The van der Waals surface area contributed by atoms with E-state index < -0.39 is 0 Å². The van der Waals surface area contributed by atoms with Crippen LogP contribution in [0.4, 0.5) is 0 Å². The zero-order chi connectivity index (χ0) is 34.4. The molecule has 4 nitrogen and oxygen atoms in total. The van der Waals surface area contributed by atoms with Crippen LogP contribution in [0.25, 0.3) is 89.4 Å². The lowest BCUT2D eigenvalue weighted by Crippen LogP contribution is -1.97. The summed E-state index contributed by atoms with van der Waals surface area (Å²) in [5, 5.41) is 1.21. The van der Waals surface area contributed by atoms with Gasteiger partial charge >= 0.3 is 0 Å². The third-order valence-corrected chi connectivity index (χ3v) is 9.93. The molecule has 3 heterocycles.